The van der Waals surface area contributed by atoms with E-state index in [-0.39, 0.29) is 11.9 Å². The minimum absolute atomic E-state index is 0.306. The number of fused-ring (bicyclic) bond motifs is 1. The Bertz CT molecular complexity index is 1340. The van der Waals surface area contributed by atoms with Crippen molar-refractivity contribution in [3.8, 4) is 11.3 Å². The van der Waals surface area contributed by atoms with Crippen LogP contribution in [0, 0.1) is 5.82 Å². The lowest BCUT2D eigenvalue weighted by Gasteiger charge is -2.40. The number of aliphatic hydroxyl groups is 1. The summed E-state index contributed by atoms with van der Waals surface area (Å²) in [6.07, 6.45) is 4.44. The monoisotopic (exact) mass is 502 g/mol. The maximum Gasteiger partial charge on any atom is 0.182 e. The largest absolute Gasteiger partial charge is 0.475 e. The number of piperazine rings is 1. The van der Waals surface area contributed by atoms with Crippen LogP contribution < -0.4 is 5.32 Å². The van der Waals surface area contributed by atoms with Gasteiger partial charge in [-0.15, -0.1) is 0 Å². The molecule has 0 bridgehead atoms. The number of anilines is 1. The van der Waals surface area contributed by atoms with E-state index >= 15 is 0 Å². The zero-order valence-corrected chi connectivity index (χ0v) is 20.8. The van der Waals surface area contributed by atoms with Crippen LogP contribution in [0.1, 0.15) is 12.5 Å². The molecule has 2 N–H and O–H groups in total. The van der Waals surface area contributed by atoms with Crippen LogP contribution in [-0.2, 0) is 11.3 Å². The number of ether oxygens (including phenoxy) is 1. The Morgan fingerprint density at radius 1 is 1.11 bits per heavy atom. The van der Waals surface area contributed by atoms with Crippen LogP contribution in [0.5, 0.6) is 0 Å². The van der Waals surface area contributed by atoms with Crippen molar-refractivity contribution in [3.05, 3.63) is 97.0 Å². The molecular weight excluding hydrogens is 471 g/mol. The first kappa shape index (κ1) is 24.7. The van der Waals surface area contributed by atoms with E-state index in [1.165, 1.54) is 12.1 Å². The number of hydrogen-bond donors (Lipinski definition) is 2. The fraction of sp³-hybridized carbons (Fsp3) is 0.286. The molecular formula is C28H31FN6O2. The molecule has 9 heteroatoms. The van der Waals surface area contributed by atoms with Crippen molar-refractivity contribution in [1.29, 1.82) is 0 Å². The van der Waals surface area contributed by atoms with Gasteiger partial charge in [0.25, 0.3) is 0 Å². The molecule has 37 heavy (non-hydrogen) atoms. The average molecular weight is 503 g/mol. The van der Waals surface area contributed by atoms with E-state index in [2.05, 4.69) is 21.8 Å². The SMILES string of the molecule is C=C(OCc1ccccc1)N1CCN(C(O)C(C)Nc2c(-c3ccc(F)cc3)nc3cnccn23)CC1. The maximum atomic E-state index is 13.5. The smallest absolute Gasteiger partial charge is 0.182 e. The van der Waals surface area contributed by atoms with Crippen molar-refractivity contribution < 1.29 is 14.2 Å². The Balaban J connectivity index is 1.22. The summed E-state index contributed by atoms with van der Waals surface area (Å²) in [6, 6.07) is 15.9. The van der Waals surface area contributed by atoms with Gasteiger partial charge in [0.15, 0.2) is 11.5 Å². The first-order chi connectivity index (χ1) is 18.0. The third-order valence-corrected chi connectivity index (χ3v) is 6.65. The average Bonchev–Trinajstić information content (AvgIpc) is 3.30. The summed E-state index contributed by atoms with van der Waals surface area (Å²) < 4.78 is 21.3. The normalized spacial score (nSPS) is 15.9. The van der Waals surface area contributed by atoms with Gasteiger partial charge in [-0.2, -0.15) is 0 Å². The molecule has 8 nitrogen and oxygen atoms in total. The molecule has 2 unspecified atom stereocenters. The molecule has 0 amide bonds. The molecule has 5 rings (SSSR count). The molecule has 1 aliphatic rings. The van der Waals surface area contributed by atoms with Crippen molar-refractivity contribution in [2.24, 2.45) is 0 Å². The number of halogens is 1. The summed E-state index contributed by atoms with van der Waals surface area (Å²) in [5.41, 5.74) is 3.20. The molecule has 1 saturated heterocycles. The molecule has 2 aromatic carbocycles. The number of imidazole rings is 1. The second-order valence-corrected chi connectivity index (χ2v) is 9.16. The first-order valence-corrected chi connectivity index (χ1v) is 12.4. The predicted molar refractivity (Wildman–Crippen MR) is 141 cm³/mol. The highest BCUT2D eigenvalue weighted by atomic mass is 19.1. The second kappa shape index (κ2) is 11.0. The van der Waals surface area contributed by atoms with Crippen molar-refractivity contribution in [3.63, 3.8) is 0 Å². The summed E-state index contributed by atoms with van der Waals surface area (Å²) in [6.45, 7) is 9.27. The molecule has 0 saturated carbocycles. The molecule has 0 spiro atoms. The van der Waals surface area contributed by atoms with E-state index in [1.807, 2.05) is 52.8 Å². The summed E-state index contributed by atoms with van der Waals surface area (Å²) in [7, 11) is 0. The van der Waals surface area contributed by atoms with Crippen LogP contribution in [0.25, 0.3) is 16.9 Å². The first-order valence-electron chi connectivity index (χ1n) is 12.4. The highest BCUT2D eigenvalue weighted by molar-refractivity contribution is 5.76. The highest BCUT2D eigenvalue weighted by Gasteiger charge is 2.28. The molecule has 0 radical (unpaired) electrons. The van der Waals surface area contributed by atoms with Crippen molar-refractivity contribution in [1.82, 2.24) is 24.2 Å². The maximum absolute atomic E-state index is 13.5. The third kappa shape index (κ3) is 5.58. The lowest BCUT2D eigenvalue weighted by atomic mass is 10.1. The number of nitrogens with zero attached hydrogens (tertiary/aromatic N) is 5. The minimum Gasteiger partial charge on any atom is -0.475 e. The highest BCUT2D eigenvalue weighted by Crippen LogP contribution is 2.30. The number of aromatic nitrogens is 3. The Morgan fingerprint density at radius 2 is 1.84 bits per heavy atom. The molecule has 2 aromatic heterocycles. The summed E-state index contributed by atoms with van der Waals surface area (Å²) in [5, 5.41) is 14.6. The molecule has 3 heterocycles. The van der Waals surface area contributed by atoms with Gasteiger partial charge in [-0.05, 0) is 43.3 Å². The van der Waals surface area contributed by atoms with E-state index in [9.17, 15) is 9.50 Å². The van der Waals surface area contributed by atoms with Crippen LogP contribution in [0.2, 0.25) is 0 Å². The summed E-state index contributed by atoms with van der Waals surface area (Å²) in [5.74, 6) is 1.06. The second-order valence-electron chi connectivity index (χ2n) is 9.16. The molecule has 0 aliphatic carbocycles. The topological polar surface area (TPSA) is 78.2 Å². The van der Waals surface area contributed by atoms with Gasteiger partial charge in [-0.3, -0.25) is 14.3 Å². The molecule has 1 aliphatic heterocycles. The Kier molecular flexibility index (Phi) is 7.34. The van der Waals surface area contributed by atoms with Gasteiger partial charge < -0.3 is 20.1 Å². The van der Waals surface area contributed by atoms with Gasteiger partial charge in [-0.25, -0.2) is 9.37 Å². The van der Waals surface area contributed by atoms with Gasteiger partial charge in [0, 0.05) is 44.1 Å². The molecule has 192 valence electrons. The Morgan fingerprint density at radius 3 is 2.57 bits per heavy atom. The zero-order chi connectivity index (χ0) is 25.8. The minimum atomic E-state index is -0.728. The Hall–Kier alpha value is -3.95. The number of aliphatic hydroxyl groups excluding tert-OH is 1. The van der Waals surface area contributed by atoms with E-state index in [4.69, 9.17) is 9.72 Å². The lowest BCUT2D eigenvalue weighted by molar-refractivity contribution is -0.0386. The molecule has 1 fully saturated rings. The Labute approximate surface area is 215 Å². The van der Waals surface area contributed by atoms with Gasteiger partial charge in [0.2, 0.25) is 0 Å². The molecule has 4 aromatic rings. The van der Waals surface area contributed by atoms with Crippen LogP contribution >= 0.6 is 0 Å². The number of benzene rings is 2. The van der Waals surface area contributed by atoms with Gasteiger partial charge in [-0.1, -0.05) is 30.3 Å². The predicted octanol–water partition coefficient (Wildman–Crippen LogP) is 3.96. The fourth-order valence-corrected chi connectivity index (χ4v) is 4.53. The van der Waals surface area contributed by atoms with E-state index in [0.717, 1.165) is 16.9 Å². The van der Waals surface area contributed by atoms with Crippen LogP contribution in [0.4, 0.5) is 10.2 Å². The van der Waals surface area contributed by atoms with Crippen LogP contribution in [0.3, 0.4) is 0 Å². The van der Waals surface area contributed by atoms with Crippen LogP contribution in [0.15, 0.2) is 85.6 Å². The van der Waals surface area contributed by atoms with Crippen molar-refractivity contribution in [2.45, 2.75) is 25.8 Å². The van der Waals surface area contributed by atoms with Crippen molar-refractivity contribution in [2.75, 3.05) is 31.5 Å². The summed E-state index contributed by atoms with van der Waals surface area (Å²) >= 11 is 0. The van der Waals surface area contributed by atoms with E-state index in [1.54, 1.807) is 24.5 Å². The number of hydrogen-bond acceptors (Lipinski definition) is 7. The van der Waals surface area contributed by atoms with Crippen molar-refractivity contribution >= 4 is 11.5 Å². The quantitative estimate of drug-likeness (QED) is 0.336. The van der Waals surface area contributed by atoms with Gasteiger partial charge in [0.05, 0.1) is 12.2 Å². The van der Waals surface area contributed by atoms with Gasteiger partial charge >= 0.3 is 0 Å². The van der Waals surface area contributed by atoms with Gasteiger partial charge in [0.1, 0.15) is 30.2 Å². The zero-order valence-electron chi connectivity index (χ0n) is 20.8. The van der Waals surface area contributed by atoms with E-state index in [0.29, 0.717) is 50.0 Å². The lowest BCUT2D eigenvalue weighted by Crippen LogP contribution is -2.54. The van der Waals surface area contributed by atoms with Crippen LogP contribution in [-0.4, -0.2) is 67.7 Å². The van der Waals surface area contributed by atoms with E-state index < -0.39 is 6.23 Å². The number of nitrogens with one attached hydrogen (secondary N) is 1. The number of rotatable bonds is 9. The third-order valence-electron chi connectivity index (χ3n) is 6.65. The molecule has 2 atom stereocenters. The fourth-order valence-electron chi connectivity index (χ4n) is 4.53. The standard InChI is InChI=1S/C28H31FN6O2/c1-20(28(36)34-16-14-33(15-17-34)21(2)37-19-22-6-4-3-5-7-22)31-27-26(23-8-10-24(29)11-9-23)32-25-18-30-12-13-35(25)27/h3-13,18,20,28,31,36H,2,14-17,19H2,1H3. The summed E-state index contributed by atoms with van der Waals surface area (Å²) in [4.78, 5) is 13.0.